The average molecular weight is 286 g/mol. The first-order valence-electron chi connectivity index (χ1n) is 7.03. The molecule has 0 aromatic heterocycles. The van der Waals surface area contributed by atoms with E-state index in [2.05, 4.69) is 17.4 Å². The van der Waals surface area contributed by atoms with E-state index >= 15 is 0 Å². The van der Waals surface area contributed by atoms with Gasteiger partial charge < -0.3 is 15.0 Å². The van der Waals surface area contributed by atoms with Crippen molar-refractivity contribution in [2.45, 2.75) is 19.5 Å². The largest absolute Gasteiger partial charge is 0.496 e. The molecule has 0 spiro atoms. The Labute approximate surface area is 125 Å². The normalized spacial score (nSPS) is 12.2. The minimum Gasteiger partial charge on any atom is -0.496 e. The van der Waals surface area contributed by atoms with Gasteiger partial charge in [0.15, 0.2) is 0 Å². The van der Waals surface area contributed by atoms with Gasteiger partial charge in [0.1, 0.15) is 5.75 Å². The summed E-state index contributed by atoms with van der Waals surface area (Å²) in [5.41, 5.74) is 1.08. The van der Waals surface area contributed by atoms with E-state index in [9.17, 15) is 4.79 Å². The summed E-state index contributed by atoms with van der Waals surface area (Å²) >= 11 is 0. The zero-order valence-corrected chi connectivity index (χ0v) is 13.0. The smallest absolute Gasteiger partial charge is 0.238 e. The van der Waals surface area contributed by atoms with E-state index in [-0.39, 0.29) is 11.9 Å². The highest BCUT2D eigenvalue weighted by atomic mass is 16.5. The number of carbonyl (C=O) groups is 1. The van der Waals surface area contributed by atoms with E-state index in [1.807, 2.05) is 31.2 Å². The van der Waals surface area contributed by atoms with E-state index in [0.717, 1.165) is 16.7 Å². The zero-order chi connectivity index (χ0) is 15.4. The highest BCUT2D eigenvalue weighted by Gasteiger charge is 2.15. The number of likely N-dealkylation sites (N-methyl/N-ethyl adjacent to an activating group) is 1. The third kappa shape index (κ3) is 3.34. The molecule has 0 aliphatic rings. The van der Waals surface area contributed by atoms with Crippen LogP contribution in [0, 0.1) is 0 Å². The number of benzene rings is 2. The minimum atomic E-state index is -0.233. The number of methoxy groups -OCH3 is 1. The lowest BCUT2D eigenvalue weighted by Gasteiger charge is -2.19. The molecule has 0 saturated heterocycles. The van der Waals surface area contributed by atoms with Crippen molar-refractivity contribution in [3.63, 3.8) is 0 Å². The van der Waals surface area contributed by atoms with Gasteiger partial charge in [0.25, 0.3) is 0 Å². The molecule has 112 valence electrons. The van der Waals surface area contributed by atoms with E-state index in [1.54, 1.807) is 26.1 Å². The zero-order valence-electron chi connectivity index (χ0n) is 13.0. The molecule has 1 amide bonds. The van der Waals surface area contributed by atoms with Crippen molar-refractivity contribution in [1.29, 1.82) is 0 Å². The van der Waals surface area contributed by atoms with E-state index in [4.69, 9.17) is 4.74 Å². The third-order valence-electron chi connectivity index (χ3n) is 3.61. The molecule has 0 aliphatic carbocycles. The molecular formula is C17H22N2O2. The Bertz CT molecular complexity index is 638. The highest BCUT2D eigenvalue weighted by molar-refractivity contribution is 5.88. The van der Waals surface area contributed by atoms with Crippen LogP contribution in [0.1, 0.15) is 12.5 Å². The Morgan fingerprint density at radius 1 is 1.24 bits per heavy atom. The number of amides is 1. The molecule has 0 fully saturated rings. The van der Waals surface area contributed by atoms with Crippen LogP contribution in [0.15, 0.2) is 36.4 Å². The van der Waals surface area contributed by atoms with Crippen LogP contribution in [0.5, 0.6) is 5.75 Å². The molecule has 0 saturated carbocycles. The molecule has 0 aliphatic heterocycles. The Kier molecular flexibility index (Phi) is 4.81. The molecule has 0 radical (unpaired) electrons. The summed E-state index contributed by atoms with van der Waals surface area (Å²) in [6, 6.07) is 12.0. The van der Waals surface area contributed by atoms with Crippen molar-refractivity contribution in [3.05, 3.63) is 42.0 Å². The van der Waals surface area contributed by atoms with Gasteiger partial charge in [0.2, 0.25) is 5.91 Å². The summed E-state index contributed by atoms with van der Waals surface area (Å²) in [6.07, 6.45) is 0. The Morgan fingerprint density at radius 2 is 1.95 bits per heavy atom. The molecule has 4 heteroatoms. The van der Waals surface area contributed by atoms with Gasteiger partial charge in [-0.3, -0.25) is 4.79 Å². The van der Waals surface area contributed by atoms with Gasteiger partial charge in [-0.25, -0.2) is 0 Å². The second kappa shape index (κ2) is 6.59. The van der Waals surface area contributed by atoms with E-state index in [1.165, 1.54) is 5.39 Å². The molecule has 0 heterocycles. The predicted octanol–water partition coefficient (Wildman–Crippen LogP) is 2.41. The van der Waals surface area contributed by atoms with Crippen LogP contribution in [0.4, 0.5) is 0 Å². The first-order valence-corrected chi connectivity index (χ1v) is 7.03. The molecule has 2 rings (SSSR count). The van der Waals surface area contributed by atoms with Crippen molar-refractivity contribution < 1.29 is 9.53 Å². The summed E-state index contributed by atoms with van der Waals surface area (Å²) in [5, 5.41) is 5.59. The molecule has 0 bridgehead atoms. The molecule has 4 nitrogen and oxygen atoms in total. The maximum atomic E-state index is 11.9. The van der Waals surface area contributed by atoms with Gasteiger partial charge in [-0.15, -0.1) is 0 Å². The number of hydrogen-bond acceptors (Lipinski definition) is 3. The second-order valence-electron chi connectivity index (χ2n) is 5.30. The van der Waals surface area contributed by atoms with Crippen LogP contribution in [0.3, 0.4) is 0 Å². The average Bonchev–Trinajstić information content (AvgIpc) is 2.51. The Hall–Kier alpha value is -2.07. The quantitative estimate of drug-likeness (QED) is 0.918. The number of nitrogens with one attached hydrogen (secondary N) is 1. The summed E-state index contributed by atoms with van der Waals surface area (Å²) < 4.78 is 5.46. The van der Waals surface area contributed by atoms with Crippen LogP contribution >= 0.6 is 0 Å². The topological polar surface area (TPSA) is 41.6 Å². The lowest BCUT2D eigenvalue weighted by atomic mass is 10.0. The van der Waals surface area contributed by atoms with Crippen LogP contribution in [-0.2, 0) is 11.3 Å². The van der Waals surface area contributed by atoms with E-state index < -0.39 is 0 Å². The standard InChI is InChI=1S/C17H22N2O2/c1-12(17(20)19(2)3)18-11-15-14-8-6-5-7-13(14)9-10-16(15)21-4/h5-10,12,18H,11H2,1-4H3. The van der Waals surface area contributed by atoms with Crippen molar-refractivity contribution >= 4 is 16.7 Å². The van der Waals surface area contributed by atoms with Gasteiger partial charge in [-0.1, -0.05) is 30.3 Å². The fraction of sp³-hybridized carbons (Fsp3) is 0.353. The molecule has 21 heavy (non-hydrogen) atoms. The van der Waals surface area contributed by atoms with Crippen molar-refractivity contribution in [2.24, 2.45) is 0 Å². The first-order chi connectivity index (χ1) is 10.0. The third-order valence-corrected chi connectivity index (χ3v) is 3.61. The van der Waals surface area contributed by atoms with Crippen molar-refractivity contribution in [1.82, 2.24) is 10.2 Å². The fourth-order valence-electron chi connectivity index (χ4n) is 2.42. The van der Waals surface area contributed by atoms with Crippen LogP contribution in [0.25, 0.3) is 10.8 Å². The molecule has 1 N–H and O–H groups in total. The fourth-order valence-corrected chi connectivity index (χ4v) is 2.42. The first kappa shape index (κ1) is 15.3. The van der Waals surface area contributed by atoms with Gasteiger partial charge >= 0.3 is 0 Å². The number of hydrogen-bond donors (Lipinski definition) is 1. The van der Waals surface area contributed by atoms with Crippen molar-refractivity contribution in [3.8, 4) is 5.75 Å². The van der Waals surface area contributed by atoms with E-state index in [0.29, 0.717) is 6.54 Å². The lowest BCUT2D eigenvalue weighted by Crippen LogP contribution is -2.41. The summed E-state index contributed by atoms with van der Waals surface area (Å²) in [4.78, 5) is 13.5. The van der Waals surface area contributed by atoms with Crippen LogP contribution < -0.4 is 10.1 Å². The Morgan fingerprint density at radius 3 is 2.62 bits per heavy atom. The summed E-state index contributed by atoms with van der Waals surface area (Å²) in [5.74, 6) is 0.903. The van der Waals surface area contributed by atoms with Gasteiger partial charge in [-0.2, -0.15) is 0 Å². The molecule has 1 unspecified atom stereocenters. The van der Waals surface area contributed by atoms with Gasteiger partial charge in [0, 0.05) is 26.2 Å². The van der Waals surface area contributed by atoms with Gasteiger partial charge in [-0.05, 0) is 23.8 Å². The number of nitrogens with zero attached hydrogens (tertiary/aromatic N) is 1. The van der Waals surface area contributed by atoms with Crippen LogP contribution in [-0.4, -0.2) is 38.1 Å². The number of carbonyl (C=O) groups excluding carboxylic acids is 1. The number of ether oxygens (including phenoxy) is 1. The number of fused-ring (bicyclic) bond motifs is 1. The second-order valence-corrected chi connectivity index (χ2v) is 5.30. The summed E-state index contributed by atoms with van der Waals surface area (Å²) in [7, 11) is 5.19. The van der Waals surface area contributed by atoms with Gasteiger partial charge in [0.05, 0.1) is 13.2 Å². The minimum absolute atomic E-state index is 0.0641. The molecular weight excluding hydrogens is 264 g/mol. The number of rotatable bonds is 5. The summed E-state index contributed by atoms with van der Waals surface area (Å²) in [6.45, 7) is 2.46. The molecule has 2 aromatic carbocycles. The molecule has 2 aromatic rings. The monoisotopic (exact) mass is 286 g/mol. The Balaban J connectivity index is 2.26. The highest BCUT2D eigenvalue weighted by Crippen LogP contribution is 2.27. The maximum Gasteiger partial charge on any atom is 0.238 e. The lowest BCUT2D eigenvalue weighted by molar-refractivity contribution is -0.130. The maximum absolute atomic E-state index is 11.9. The SMILES string of the molecule is COc1ccc2ccccc2c1CNC(C)C(=O)N(C)C. The van der Waals surface area contributed by atoms with Crippen LogP contribution in [0.2, 0.25) is 0 Å². The molecule has 1 atom stereocenters. The van der Waals surface area contributed by atoms with Crippen molar-refractivity contribution in [2.75, 3.05) is 21.2 Å². The predicted molar refractivity (Wildman–Crippen MR) is 85.5 cm³/mol.